The van der Waals surface area contributed by atoms with Gasteiger partial charge in [0.25, 0.3) is 0 Å². The minimum absolute atomic E-state index is 0.118. The van der Waals surface area contributed by atoms with Crippen LogP contribution in [-0.2, 0) is 16.6 Å². The Morgan fingerprint density at radius 1 is 1.05 bits per heavy atom. The minimum Gasteiger partial charge on any atom is -0.425 e. The summed E-state index contributed by atoms with van der Waals surface area (Å²) in [6.07, 6.45) is 11.9. The normalized spacial score (nSPS) is 44.3. The Balaban J connectivity index is 1.51. The van der Waals surface area contributed by atoms with Gasteiger partial charge >= 0.3 is 0 Å². The lowest BCUT2D eigenvalue weighted by Gasteiger charge is -2.69. The second-order valence-electron chi connectivity index (χ2n) is 16.4. The van der Waals surface area contributed by atoms with E-state index in [-0.39, 0.29) is 45.2 Å². The third-order valence-electron chi connectivity index (χ3n) is 13.4. The zero-order valence-electron chi connectivity index (χ0n) is 26.4. The van der Waals surface area contributed by atoms with Gasteiger partial charge in [-0.3, -0.25) is 4.79 Å². The van der Waals surface area contributed by atoms with Crippen LogP contribution in [0.5, 0.6) is 0 Å². The molecule has 3 fully saturated rings. The maximum absolute atomic E-state index is 14.7. The molecule has 5 aliphatic carbocycles. The Kier molecular flexibility index (Phi) is 6.25. The highest BCUT2D eigenvalue weighted by atomic mass is 16.4. The summed E-state index contributed by atoms with van der Waals surface area (Å²) in [7, 11) is 0. The van der Waals surface area contributed by atoms with Crippen molar-refractivity contribution in [2.75, 3.05) is 0 Å². The molecular weight excluding hydrogens is 510 g/mol. The summed E-state index contributed by atoms with van der Waals surface area (Å²) in [4.78, 5) is 14.7. The van der Waals surface area contributed by atoms with Gasteiger partial charge in [-0.25, -0.2) is 0 Å². The lowest BCUT2D eigenvalue weighted by atomic mass is 9.34. The highest BCUT2D eigenvalue weighted by Crippen LogP contribution is 2.74. The average molecular weight is 560 g/mol. The van der Waals surface area contributed by atoms with E-state index in [1.807, 2.05) is 12.2 Å². The maximum atomic E-state index is 14.7. The zero-order valence-corrected chi connectivity index (χ0v) is 26.4. The van der Waals surface area contributed by atoms with E-state index in [2.05, 4.69) is 71.7 Å². The molecule has 3 unspecified atom stereocenters. The van der Waals surface area contributed by atoms with Crippen LogP contribution in [0.15, 0.2) is 27.7 Å². The topological polar surface area (TPSA) is 100 Å². The molecular formula is C35H49N3O3. The maximum Gasteiger partial charge on any atom is 0.222 e. The van der Waals surface area contributed by atoms with Crippen LogP contribution in [0.25, 0.3) is 0 Å². The van der Waals surface area contributed by atoms with E-state index in [0.29, 0.717) is 11.5 Å². The third-order valence-corrected chi connectivity index (χ3v) is 13.4. The molecule has 0 aromatic carbocycles. The molecule has 0 aliphatic heterocycles. The Morgan fingerprint density at radius 3 is 2.44 bits per heavy atom. The van der Waals surface area contributed by atoms with E-state index in [1.54, 1.807) is 0 Å². The van der Waals surface area contributed by atoms with Gasteiger partial charge in [0.15, 0.2) is 5.78 Å². The summed E-state index contributed by atoms with van der Waals surface area (Å²) in [6.45, 7) is 18.1. The number of fused-ring (bicyclic) bond motifs is 7. The molecule has 5 aliphatic rings. The summed E-state index contributed by atoms with van der Waals surface area (Å²) in [5.74, 6) is 1.89. The van der Waals surface area contributed by atoms with Crippen molar-refractivity contribution in [1.29, 1.82) is 5.26 Å². The third kappa shape index (κ3) is 3.66. The molecule has 0 bridgehead atoms. The number of carbonyl (C=O) groups excluding carboxylic acids is 1. The number of ketones is 1. The average Bonchev–Trinajstić information content (AvgIpc) is 3.37. The monoisotopic (exact) mass is 559 g/mol. The fraction of sp³-hybridized carbons (Fsp3) is 0.771. The Hall–Kier alpha value is -2.26. The van der Waals surface area contributed by atoms with Crippen molar-refractivity contribution >= 4 is 5.78 Å². The van der Waals surface area contributed by atoms with Crippen LogP contribution in [-0.4, -0.2) is 27.2 Å². The summed E-state index contributed by atoms with van der Waals surface area (Å²) in [5.41, 5.74) is 0.174. The molecule has 6 nitrogen and oxygen atoms in total. The van der Waals surface area contributed by atoms with E-state index >= 15 is 0 Å². The van der Waals surface area contributed by atoms with Crippen molar-refractivity contribution in [3.8, 4) is 6.07 Å². The van der Waals surface area contributed by atoms with Gasteiger partial charge in [0.2, 0.25) is 11.8 Å². The van der Waals surface area contributed by atoms with Gasteiger partial charge in [-0.15, -0.1) is 10.2 Å². The van der Waals surface area contributed by atoms with E-state index < -0.39 is 16.9 Å². The van der Waals surface area contributed by atoms with Crippen molar-refractivity contribution in [1.82, 2.24) is 10.2 Å². The molecule has 6 rings (SSSR count). The van der Waals surface area contributed by atoms with Crippen molar-refractivity contribution in [2.24, 2.45) is 44.8 Å². The highest BCUT2D eigenvalue weighted by Gasteiger charge is 2.70. The van der Waals surface area contributed by atoms with Gasteiger partial charge in [-0.2, -0.15) is 5.26 Å². The molecule has 6 heteroatoms. The van der Waals surface area contributed by atoms with Crippen LogP contribution in [0.2, 0.25) is 0 Å². The number of rotatable bonds is 3. The molecule has 1 aromatic rings. The largest absolute Gasteiger partial charge is 0.425 e. The van der Waals surface area contributed by atoms with Crippen LogP contribution in [0.1, 0.15) is 119 Å². The van der Waals surface area contributed by atoms with Crippen molar-refractivity contribution in [3.63, 3.8) is 0 Å². The fourth-order valence-electron chi connectivity index (χ4n) is 10.9. The van der Waals surface area contributed by atoms with Crippen LogP contribution < -0.4 is 0 Å². The number of aliphatic hydroxyl groups is 1. The summed E-state index contributed by atoms with van der Waals surface area (Å²) in [6, 6.07) is 2.31. The number of nitrogens with zero attached hydrogens (tertiary/aromatic N) is 3. The zero-order chi connectivity index (χ0) is 29.8. The fourth-order valence-corrected chi connectivity index (χ4v) is 10.9. The first-order valence-electron chi connectivity index (χ1n) is 16.0. The van der Waals surface area contributed by atoms with Crippen LogP contribution >= 0.6 is 0 Å². The quantitative estimate of drug-likeness (QED) is 0.417. The van der Waals surface area contributed by atoms with Crippen LogP contribution in [0.4, 0.5) is 0 Å². The first-order chi connectivity index (χ1) is 19.1. The lowest BCUT2D eigenvalue weighted by Crippen LogP contribution is -2.65. The Bertz CT molecular complexity index is 1380. The van der Waals surface area contributed by atoms with E-state index in [1.165, 1.54) is 5.57 Å². The molecule has 0 saturated heterocycles. The van der Waals surface area contributed by atoms with Gasteiger partial charge in [0, 0.05) is 17.8 Å². The molecule has 0 radical (unpaired) electrons. The SMILES string of the molecule is CCCc1nnc([C@]23CCC(C)(C)CC2C2C(=O)C=C4[C@@]5(C)C=C(C#N)C(O)C(C)(C)[C@@H]5CC[C@@]4(C)[C@]2(C)CC3)o1. The number of aliphatic hydroxyl groups excluding tert-OH is 1. The second-order valence-corrected chi connectivity index (χ2v) is 16.4. The number of hydrogen-bond acceptors (Lipinski definition) is 6. The molecule has 1 N–H and O–H groups in total. The number of nitriles is 1. The van der Waals surface area contributed by atoms with Gasteiger partial charge in [0.1, 0.15) is 0 Å². The molecule has 222 valence electrons. The molecule has 0 amide bonds. The predicted molar refractivity (Wildman–Crippen MR) is 157 cm³/mol. The van der Waals surface area contributed by atoms with E-state index in [0.717, 1.165) is 63.7 Å². The van der Waals surface area contributed by atoms with E-state index in [9.17, 15) is 15.2 Å². The number of carbonyl (C=O) groups is 1. The smallest absolute Gasteiger partial charge is 0.222 e. The number of aryl methyl sites for hydroxylation is 1. The van der Waals surface area contributed by atoms with Crippen molar-refractivity contribution < 1.29 is 14.3 Å². The minimum atomic E-state index is -0.787. The lowest BCUT2D eigenvalue weighted by molar-refractivity contribution is -0.162. The predicted octanol–water partition coefficient (Wildman–Crippen LogP) is 7.28. The molecule has 0 spiro atoms. The van der Waals surface area contributed by atoms with Crippen molar-refractivity contribution in [2.45, 2.75) is 125 Å². The molecule has 8 atom stereocenters. The van der Waals surface area contributed by atoms with Gasteiger partial charge < -0.3 is 9.52 Å². The standard InChI is InChI=1S/C35H49N3O3/c1-9-10-26-37-38-29(41-26)35-15-13-30(2,3)19-22(35)27-23(39)17-25-32(6)18-21(20-36)28(40)31(4,5)24(32)11-12-33(25,7)34(27,8)14-16-35/h17-18,22,24,27-28,40H,9-16,19H2,1-8H3/t22?,24-,27?,28?,32-,33+,34+,35-/m0/s1. The van der Waals surface area contributed by atoms with E-state index in [4.69, 9.17) is 4.42 Å². The first kappa shape index (κ1) is 28.8. The summed E-state index contributed by atoms with van der Waals surface area (Å²) in [5, 5.41) is 30.3. The second kappa shape index (κ2) is 8.88. The first-order valence-corrected chi connectivity index (χ1v) is 16.0. The van der Waals surface area contributed by atoms with Gasteiger partial charge in [-0.05, 0) is 90.9 Å². The number of aromatic nitrogens is 2. The summed E-state index contributed by atoms with van der Waals surface area (Å²) >= 11 is 0. The van der Waals surface area contributed by atoms with Crippen LogP contribution in [0, 0.1) is 56.2 Å². The van der Waals surface area contributed by atoms with Crippen LogP contribution in [0.3, 0.4) is 0 Å². The molecule has 41 heavy (non-hydrogen) atoms. The highest BCUT2D eigenvalue weighted by molar-refractivity contribution is 5.95. The van der Waals surface area contributed by atoms with Crippen molar-refractivity contribution in [3.05, 3.63) is 35.1 Å². The number of hydrogen-bond donors (Lipinski definition) is 1. The molecule has 3 saturated carbocycles. The molecule has 1 heterocycles. The molecule has 1 aromatic heterocycles. The number of allylic oxidation sites excluding steroid dienone is 3. The van der Waals surface area contributed by atoms with Gasteiger partial charge in [0.05, 0.1) is 23.2 Å². The summed E-state index contributed by atoms with van der Waals surface area (Å²) < 4.78 is 6.40. The Labute approximate surface area is 246 Å². The Morgan fingerprint density at radius 2 is 1.76 bits per heavy atom. The van der Waals surface area contributed by atoms with Gasteiger partial charge in [-0.1, -0.05) is 67.0 Å².